The van der Waals surface area contributed by atoms with Gasteiger partial charge in [0.2, 0.25) is 0 Å². The first kappa shape index (κ1) is 25.3. The minimum Gasteiger partial charge on any atom is -0.399 e. The molecule has 0 amide bonds. The monoisotopic (exact) mass is 457 g/mol. The molecule has 1 aliphatic rings. The van der Waals surface area contributed by atoms with Gasteiger partial charge in [-0.2, -0.15) is 0 Å². The van der Waals surface area contributed by atoms with E-state index >= 15 is 0 Å². The van der Waals surface area contributed by atoms with Crippen LogP contribution in [0.3, 0.4) is 0 Å². The third kappa shape index (κ3) is 8.65. The number of hydrogen-bond donors (Lipinski definition) is 1. The third-order valence-corrected chi connectivity index (χ3v) is 5.00. The molecule has 2 N–H and O–H groups in total. The number of anilines is 2. The van der Waals surface area contributed by atoms with Gasteiger partial charge in [0.1, 0.15) is 12.1 Å². The average Bonchev–Trinajstić information content (AvgIpc) is 2.81. The van der Waals surface area contributed by atoms with Crippen LogP contribution in [-0.2, 0) is 16.1 Å². The van der Waals surface area contributed by atoms with Crippen molar-refractivity contribution in [3.05, 3.63) is 83.2 Å². The molecule has 170 valence electrons. The summed E-state index contributed by atoms with van der Waals surface area (Å²) in [6.07, 6.45) is 7.09. The number of carbonyl (C=O) groups is 1. The van der Waals surface area contributed by atoms with Crippen LogP contribution in [0.1, 0.15) is 18.4 Å². The molecule has 0 unspecified atom stereocenters. The Balaban J connectivity index is 0.000000233. The SMILES string of the molecule is C=CC/C=C(/C=O)CC=NCc1ccccc1F.Nc1ccc(N2CCOCC2)c(Cl)c1. The van der Waals surface area contributed by atoms with Crippen LogP contribution in [0, 0.1) is 5.82 Å². The Morgan fingerprint density at radius 2 is 2.00 bits per heavy atom. The lowest BCUT2D eigenvalue weighted by atomic mass is 10.2. The quantitative estimate of drug-likeness (QED) is 0.193. The van der Waals surface area contributed by atoms with Crippen LogP contribution in [0.25, 0.3) is 0 Å². The van der Waals surface area contributed by atoms with Crippen molar-refractivity contribution in [1.82, 2.24) is 0 Å². The number of allylic oxidation sites excluding steroid dienone is 3. The van der Waals surface area contributed by atoms with Gasteiger partial charge in [0.25, 0.3) is 0 Å². The molecule has 0 radical (unpaired) electrons. The number of morpholine rings is 1. The molecular formula is C25H29ClFN3O2. The summed E-state index contributed by atoms with van der Waals surface area (Å²) in [6, 6.07) is 12.1. The highest BCUT2D eigenvalue weighted by Crippen LogP contribution is 2.28. The molecule has 0 spiro atoms. The van der Waals surface area contributed by atoms with E-state index in [4.69, 9.17) is 22.1 Å². The van der Waals surface area contributed by atoms with E-state index in [1.807, 2.05) is 12.1 Å². The largest absolute Gasteiger partial charge is 0.399 e. The lowest BCUT2D eigenvalue weighted by Crippen LogP contribution is -2.36. The van der Waals surface area contributed by atoms with Gasteiger partial charge in [-0.25, -0.2) is 4.39 Å². The zero-order chi connectivity index (χ0) is 23.2. The molecule has 32 heavy (non-hydrogen) atoms. The standard InChI is InChI=1S/C15H16FNO.C10H13ClN2O/c1-2-3-6-13(12-18)9-10-17-11-14-7-4-5-8-15(14)16;11-9-7-8(12)1-2-10(9)13-3-5-14-6-4-13/h2,4-8,10,12H,1,3,9,11H2;1-2,7H,3-6,12H2/b13-6+,17-10?;. The number of nitrogen functional groups attached to an aromatic ring is 1. The topological polar surface area (TPSA) is 67.9 Å². The Bertz CT molecular complexity index is 941. The van der Waals surface area contributed by atoms with Crippen molar-refractivity contribution >= 4 is 35.5 Å². The zero-order valence-corrected chi connectivity index (χ0v) is 18.8. The van der Waals surface area contributed by atoms with E-state index in [9.17, 15) is 9.18 Å². The zero-order valence-electron chi connectivity index (χ0n) is 18.1. The van der Waals surface area contributed by atoms with Crippen molar-refractivity contribution in [2.45, 2.75) is 19.4 Å². The third-order valence-electron chi connectivity index (χ3n) is 4.70. The highest BCUT2D eigenvalue weighted by Gasteiger charge is 2.13. The molecule has 2 aromatic carbocycles. The number of aldehydes is 1. The number of carbonyl (C=O) groups excluding carboxylic acids is 1. The first-order chi connectivity index (χ1) is 15.5. The lowest BCUT2D eigenvalue weighted by molar-refractivity contribution is -0.104. The molecular weight excluding hydrogens is 429 g/mol. The molecule has 1 fully saturated rings. The fourth-order valence-electron chi connectivity index (χ4n) is 2.96. The normalized spacial score (nSPS) is 14.1. The predicted molar refractivity (Wildman–Crippen MR) is 131 cm³/mol. The van der Waals surface area contributed by atoms with Crippen LogP contribution in [0.15, 0.2) is 71.8 Å². The van der Waals surface area contributed by atoms with Gasteiger partial charge in [0, 0.05) is 37.0 Å². The highest BCUT2D eigenvalue weighted by molar-refractivity contribution is 6.33. The Morgan fingerprint density at radius 3 is 2.66 bits per heavy atom. The van der Waals surface area contributed by atoms with Gasteiger partial charge in [-0.1, -0.05) is 42.0 Å². The first-order valence-electron chi connectivity index (χ1n) is 10.4. The summed E-state index contributed by atoms with van der Waals surface area (Å²) >= 11 is 6.10. The Hall–Kier alpha value is -2.96. The molecule has 2 aromatic rings. The summed E-state index contributed by atoms with van der Waals surface area (Å²) in [5.41, 5.74) is 8.59. The summed E-state index contributed by atoms with van der Waals surface area (Å²) in [5.74, 6) is -0.257. The second kappa shape index (κ2) is 14.2. The van der Waals surface area contributed by atoms with Gasteiger partial charge in [-0.05, 0) is 36.3 Å². The maximum Gasteiger partial charge on any atom is 0.146 e. The van der Waals surface area contributed by atoms with Crippen molar-refractivity contribution < 1.29 is 13.9 Å². The summed E-state index contributed by atoms with van der Waals surface area (Å²) in [6.45, 7) is 7.18. The number of ether oxygens (including phenoxy) is 1. The number of hydrogen-bond acceptors (Lipinski definition) is 5. The van der Waals surface area contributed by atoms with Crippen molar-refractivity contribution in [3.8, 4) is 0 Å². The number of halogens is 2. The molecule has 1 aliphatic heterocycles. The van der Waals surface area contributed by atoms with E-state index < -0.39 is 0 Å². The molecule has 0 saturated carbocycles. The molecule has 5 nitrogen and oxygen atoms in total. The number of benzene rings is 2. The molecule has 0 aromatic heterocycles. The van der Waals surface area contributed by atoms with Gasteiger partial charge in [0.05, 0.1) is 30.5 Å². The first-order valence-corrected chi connectivity index (χ1v) is 10.8. The molecule has 3 rings (SSSR count). The van der Waals surface area contributed by atoms with Crippen molar-refractivity contribution in [2.24, 2.45) is 4.99 Å². The van der Waals surface area contributed by atoms with Crippen molar-refractivity contribution in [2.75, 3.05) is 36.9 Å². The van der Waals surface area contributed by atoms with Crippen LogP contribution in [-0.4, -0.2) is 38.8 Å². The van der Waals surface area contributed by atoms with Gasteiger partial charge in [-0.15, -0.1) is 6.58 Å². The van der Waals surface area contributed by atoms with Crippen LogP contribution < -0.4 is 10.6 Å². The number of aliphatic imine (C=N–C) groups is 1. The molecule has 0 atom stereocenters. The second-order valence-electron chi connectivity index (χ2n) is 7.05. The average molecular weight is 458 g/mol. The van der Waals surface area contributed by atoms with Gasteiger partial charge >= 0.3 is 0 Å². The van der Waals surface area contributed by atoms with E-state index in [-0.39, 0.29) is 5.82 Å². The molecule has 7 heteroatoms. The fraction of sp³-hybridized carbons (Fsp3) is 0.280. The van der Waals surface area contributed by atoms with E-state index in [2.05, 4.69) is 16.5 Å². The van der Waals surface area contributed by atoms with Gasteiger partial charge in [-0.3, -0.25) is 9.79 Å². The van der Waals surface area contributed by atoms with E-state index in [0.29, 0.717) is 41.2 Å². The summed E-state index contributed by atoms with van der Waals surface area (Å²) in [7, 11) is 0. The van der Waals surface area contributed by atoms with E-state index in [1.165, 1.54) is 6.07 Å². The Labute approximate surface area is 194 Å². The minimum absolute atomic E-state index is 0.257. The van der Waals surface area contributed by atoms with E-state index in [1.54, 1.807) is 42.6 Å². The molecule has 1 heterocycles. The maximum absolute atomic E-state index is 13.3. The summed E-state index contributed by atoms with van der Waals surface area (Å²) < 4.78 is 18.5. The summed E-state index contributed by atoms with van der Waals surface area (Å²) in [4.78, 5) is 17.0. The van der Waals surface area contributed by atoms with Crippen molar-refractivity contribution in [1.29, 1.82) is 0 Å². The minimum atomic E-state index is -0.257. The molecule has 1 saturated heterocycles. The van der Waals surface area contributed by atoms with Gasteiger partial charge < -0.3 is 15.4 Å². The van der Waals surface area contributed by atoms with Crippen molar-refractivity contribution in [3.63, 3.8) is 0 Å². The second-order valence-corrected chi connectivity index (χ2v) is 7.46. The Morgan fingerprint density at radius 1 is 1.25 bits per heavy atom. The fourth-order valence-corrected chi connectivity index (χ4v) is 3.27. The number of nitrogens with two attached hydrogens (primary N) is 1. The highest BCUT2D eigenvalue weighted by atomic mass is 35.5. The molecule has 0 bridgehead atoms. The van der Waals surface area contributed by atoms with Crippen LogP contribution >= 0.6 is 11.6 Å². The van der Waals surface area contributed by atoms with Crippen LogP contribution in [0.4, 0.5) is 15.8 Å². The predicted octanol–water partition coefficient (Wildman–Crippen LogP) is 5.25. The maximum atomic E-state index is 13.3. The van der Waals surface area contributed by atoms with E-state index in [0.717, 1.165) is 38.3 Å². The van der Waals surface area contributed by atoms with Crippen LogP contribution in [0.2, 0.25) is 5.02 Å². The lowest BCUT2D eigenvalue weighted by Gasteiger charge is -2.29. The van der Waals surface area contributed by atoms with Gasteiger partial charge in [0.15, 0.2) is 0 Å². The Kier molecular flexibility index (Phi) is 11.2. The number of nitrogens with zero attached hydrogens (tertiary/aromatic N) is 2. The summed E-state index contributed by atoms with van der Waals surface area (Å²) in [5, 5.41) is 0.715. The molecule has 0 aliphatic carbocycles. The smallest absolute Gasteiger partial charge is 0.146 e. The van der Waals surface area contributed by atoms with Crippen LogP contribution in [0.5, 0.6) is 0 Å². The number of rotatable bonds is 8.